The molecule has 1 heterocycles. The van der Waals surface area contributed by atoms with Gasteiger partial charge in [0, 0.05) is 0 Å². The Kier molecular flexibility index (Phi) is 5.79. The Morgan fingerprint density at radius 3 is 2.67 bits per heavy atom. The zero-order valence-electron chi connectivity index (χ0n) is 16.4. The van der Waals surface area contributed by atoms with Gasteiger partial charge in [0.1, 0.15) is 11.6 Å². The summed E-state index contributed by atoms with van der Waals surface area (Å²) in [5, 5.41) is 3.09. The largest absolute Gasteiger partial charge is 0.493 e. The lowest BCUT2D eigenvalue weighted by atomic mass is 10.0. The van der Waals surface area contributed by atoms with Crippen LogP contribution in [0.1, 0.15) is 43.3 Å². The number of H-pyrrole nitrogens is 1. The zero-order chi connectivity index (χ0) is 19.4. The number of nitrogens with zero attached hydrogens (tertiary/aromatic N) is 1. The maximum atomic E-state index is 12.4. The van der Waals surface area contributed by atoms with Gasteiger partial charge in [0.15, 0.2) is 0 Å². The van der Waals surface area contributed by atoms with E-state index >= 15 is 0 Å². The van der Waals surface area contributed by atoms with Crippen molar-refractivity contribution < 1.29 is 9.53 Å². The highest BCUT2D eigenvalue weighted by Gasteiger charge is 2.21. The van der Waals surface area contributed by atoms with Gasteiger partial charge in [0.25, 0.3) is 0 Å². The third kappa shape index (κ3) is 4.67. The Balaban J connectivity index is 1.60. The van der Waals surface area contributed by atoms with Crippen molar-refractivity contribution in [1.82, 2.24) is 15.3 Å². The van der Waals surface area contributed by atoms with Crippen LogP contribution in [0.15, 0.2) is 42.5 Å². The standard InChI is InChI=1S/C22H27N3O2/c1-14(2)21(22-23-17-7-5-6-8-18(17)24-22)25-20(26)11-12-27-19-10-9-15(3)13-16(19)4/h5-10,13-14,21H,11-12H2,1-4H3,(H,23,24)(H,25,26)/t21-/m0/s1. The molecule has 1 amide bonds. The van der Waals surface area contributed by atoms with Gasteiger partial charge in [0.05, 0.1) is 30.1 Å². The molecule has 2 aromatic carbocycles. The highest BCUT2D eigenvalue weighted by Crippen LogP contribution is 2.22. The number of carbonyl (C=O) groups is 1. The maximum Gasteiger partial charge on any atom is 0.224 e. The van der Waals surface area contributed by atoms with Gasteiger partial charge in [-0.25, -0.2) is 4.98 Å². The Labute approximate surface area is 160 Å². The predicted octanol–water partition coefficient (Wildman–Crippen LogP) is 4.46. The fourth-order valence-corrected chi connectivity index (χ4v) is 3.13. The molecule has 0 aliphatic heterocycles. The molecular weight excluding hydrogens is 338 g/mol. The first-order valence-corrected chi connectivity index (χ1v) is 9.38. The summed E-state index contributed by atoms with van der Waals surface area (Å²) in [5.74, 6) is 1.79. The van der Waals surface area contributed by atoms with Crippen LogP contribution < -0.4 is 10.1 Å². The minimum atomic E-state index is -0.161. The van der Waals surface area contributed by atoms with E-state index in [0.717, 1.165) is 28.2 Å². The van der Waals surface area contributed by atoms with Gasteiger partial charge in [-0.1, -0.05) is 43.7 Å². The zero-order valence-corrected chi connectivity index (χ0v) is 16.4. The first-order valence-electron chi connectivity index (χ1n) is 9.38. The molecule has 27 heavy (non-hydrogen) atoms. The number of hydrogen-bond donors (Lipinski definition) is 2. The van der Waals surface area contributed by atoms with Crippen molar-refractivity contribution in [1.29, 1.82) is 0 Å². The molecule has 5 nitrogen and oxygen atoms in total. The number of nitrogens with one attached hydrogen (secondary N) is 2. The average molecular weight is 365 g/mol. The lowest BCUT2D eigenvalue weighted by Gasteiger charge is -2.20. The molecule has 1 aromatic heterocycles. The van der Waals surface area contributed by atoms with Crippen LogP contribution in [0.3, 0.4) is 0 Å². The Morgan fingerprint density at radius 2 is 1.96 bits per heavy atom. The number of benzene rings is 2. The van der Waals surface area contributed by atoms with Crippen LogP contribution in [0, 0.1) is 19.8 Å². The number of imidazole rings is 1. The number of para-hydroxylation sites is 2. The van der Waals surface area contributed by atoms with Gasteiger partial charge in [-0.2, -0.15) is 0 Å². The fourth-order valence-electron chi connectivity index (χ4n) is 3.13. The molecule has 0 radical (unpaired) electrons. The van der Waals surface area contributed by atoms with E-state index in [-0.39, 0.29) is 17.9 Å². The summed E-state index contributed by atoms with van der Waals surface area (Å²) in [5.41, 5.74) is 4.16. The maximum absolute atomic E-state index is 12.4. The molecule has 0 spiro atoms. The van der Waals surface area contributed by atoms with Crippen LogP contribution in [-0.2, 0) is 4.79 Å². The van der Waals surface area contributed by atoms with Gasteiger partial charge in [-0.15, -0.1) is 0 Å². The van der Waals surface area contributed by atoms with Gasteiger partial charge in [0.2, 0.25) is 5.91 Å². The quantitative estimate of drug-likeness (QED) is 0.649. The van der Waals surface area contributed by atoms with E-state index in [4.69, 9.17) is 4.74 Å². The SMILES string of the molecule is Cc1ccc(OCCC(=O)N[C@H](c2nc3ccccc3[nH]2)C(C)C)c(C)c1. The Morgan fingerprint density at radius 1 is 1.19 bits per heavy atom. The smallest absolute Gasteiger partial charge is 0.224 e. The van der Waals surface area contributed by atoms with Crippen LogP contribution in [0.5, 0.6) is 5.75 Å². The minimum Gasteiger partial charge on any atom is -0.493 e. The lowest BCUT2D eigenvalue weighted by Crippen LogP contribution is -2.33. The van der Waals surface area contributed by atoms with Gasteiger partial charge in [-0.3, -0.25) is 4.79 Å². The third-order valence-electron chi connectivity index (χ3n) is 4.60. The number of amides is 1. The van der Waals surface area contributed by atoms with Crippen molar-refractivity contribution in [2.45, 2.75) is 40.2 Å². The van der Waals surface area contributed by atoms with Crippen LogP contribution in [0.4, 0.5) is 0 Å². The Hall–Kier alpha value is -2.82. The van der Waals surface area contributed by atoms with Crippen LogP contribution in [0.2, 0.25) is 0 Å². The van der Waals surface area contributed by atoms with E-state index in [1.807, 2.05) is 50.2 Å². The van der Waals surface area contributed by atoms with E-state index < -0.39 is 0 Å². The van der Waals surface area contributed by atoms with E-state index in [0.29, 0.717) is 13.0 Å². The molecule has 0 saturated carbocycles. The first-order chi connectivity index (χ1) is 12.9. The van der Waals surface area contributed by atoms with Gasteiger partial charge >= 0.3 is 0 Å². The monoisotopic (exact) mass is 365 g/mol. The van der Waals surface area contributed by atoms with Crippen molar-refractivity contribution in [2.75, 3.05) is 6.61 Å². The molecule has 1 atom stereocenters. The Bertz CT molecular complexity index is 897. The minimum absolute atomic E-state index is 0.0427. The number of hydrogen-bond acceptors (Lipinski definition) is 3. The van der Waals surface area contributed by atoms with Crippen LogP contribution in [0.25, 0.3) is 11.0 Å². The molecule has 2 N–H and O–H groups in total. The second-order valence-corrected chi connectivity index (χ2v) is 7.30. The third-order valence-corrected chi connectivity index (χ3v) is 4.60. The predicted molar refractivity (Wildman–Crippen MR) is 108 cm³/mol. The van der Waals surface area contributed by atoms with Crippen molar-refractivity contribution in [3.8, 4) is 5.75 Å². The number of carbonyl (C=O) groups excluding carboxylic acids is 1. The molecule has 0 saturated heterocycles. The van der Waals surface area contributed by atoms with E-state index in [1.54, 1.807) is 0 Å². The summed E-state index contributed by atoms with van der Waals surface area (Å²) in [4.78, 5) is 20.4. The highest BCUT2D eigenvalue weighted by atomic mass is 16.5. The van der Waals surface area contributed by atoms with Crippen LogP contribution in [-0.4, -0.2) is 22.5 Å². The van der Waals surface area contributed by atoms with Crippen molar-refractivity contribution in [3.63, 3.8) is 0 Å². The topological polar surface area (TPSA) is 67.0 Å². The van der Waals surface area contributed by atoms with Crippen LogP contribution >= 0.6 is 0 Å². The molecule has 0 bridgehead atoms. The van der Waals surface area contributed by atoms with Crippen molar-refractivity contribution in [2.24, 2.45) is 5.92 Å². The molecule has 142 valence electrons. The number of aryl methyl sites for hydroxylation is 2. The summed E-state index contributed by atoms with van der Waals surface area (Å²) >= 11 is 0. The van der Waals surface area contributed by atoms with Crippen molar-refractivity contribution >= 4 is 16.9 Å². The fraction of sp³-hybridized carbons (Fsp3) is 0.364. The van der Waals surface area contributed by atoms with Gasteiger partial charge in [-0.05, 0) is 43.5 Å². The molecule has 3 rings (SSSR count). The number of fused-ring (bicyclic) bond motifs is 1. The highest BCUT2D eigenvalue weighted by molar-refractivity contribution is 5.77. The molecule has 3 aromatic rings. The average Bonchev–Trinajstić information content (AvgIpc) is 3.05. The summed E-state index contributed by atoms with van der Waals surface area (Å²) in [7, 11) is 0. The van der Waals surface area contributed by atoms with Gasteiger partial charge < -0.3 is 15.0 Å². The summed E-state index contributed by atoms with van der Waals surface area (Å²) in [6, 6.07) is 13.8. The van der Waals surface area contributed by atoms with E-state index in [2.05, 4.69) is 35.2 Å². The lowest BCUT2D eigenvalue weighted by molar-refractivity contribution is -0.122. The molecule has 0 aliphatic carbocycles. The molecule has 0 fully saturated rings. The normalized spacial score (nSPS) is 12.3. The summed E-state index contributed by atoms with van der Waals surface area (Å²) in [6.45, 7) is 8.56. The second kappa shape index (κ2) is 8.25. The number of aromatic nitrogens is 2. The molecular formula is C22H27N3O2. The molecule has 0 aliphatic rings. The van der Waals surface area contributed by atoms with E-state index in [1.165, 1.54) is 5.56 Å². The molecule has 5 heteroatoms. The van der Waals surface area contributed by atoms with E-state index in [9.17, 15) is 4.79 Å². The number of ether oxygens (including phenoxy) is 1. The summed E-state index contributed by atoms with van der Waals surface area (Å²) in [6.07, 6.45) is 0.302. The molecule has 0 unspecified atom stereocenters. The number of rotatable bonds is 7. The summed E-state index contributed by atoms with van der Waals surface area (Å²) < 4.78 is 5.77. The van der Waals surface area contributed by atoms with Crippen molar-refractivity contribution in [3.05, 3.63) is 59.4 Å². The second-order valence-electron chi connectivity index (χ2n) is 7.30. The first kappa shape index (κ1) is 19.0. The number of aromatic amines is 1.